The first-order chi connectivity index (χ1) is 15.3. The Hall–Kier alpha value is -2.67. The molecule has 8 heteroatoms. The van der Waals surface area contributed by atoms with Crippen LogP contribution in [0.4, 0.5) is 4.79 Å². The number of rotatable bonds is 5. The molecule has 1 aromatic heterocycles. The van der Waals surface area contributed by atoms with E-state index in [1.54, 1.807) is 31.4 Å². The Balaban J connectivity index is 1.60. The van der Waals surface area contributed by atoms with Gasteiger partial charge in [-0.05, 0) is 85.3 Å². The maximum absolute atomic E-state index is 13.0. The largest absolute Gasteiger partial charge is 0.497 e. The van der Waals surface area contributed by atoms with Gasteiger partial charge in [-0.2, -0.15) is 0 Å². The van der Waals surface area contributed by atoms with Gasteiger partial charge in [0.1, 0.15) is 5.75 Å². The molecule has 2 heterocycles. The number of benzene rings is 2. The molecule has 0 unspecified atom stereocenters. The minimum atomic E-state index is -0.319. The van der Waals surface area contributed by atoms with E-state index in [4.69, 9.17) is 27.9 Å². The molecule has 0 spiro atoms. The Morgan fingerprint density at radius 3 is 2.38 bits per heavy atom. The fraction of sp³-hybridized carbons (Fsp3) is 0.167. The third-order valence-electron chi connectivity index (χ3n) is 5.29. The molecule has 2 aromatic carbocycles. The second-order valence-corrected chi connectivity index (χ2v) is 9.18. The molecule has 2 amide bonds. The van der Waals surface area contributed by atoms with E-state index in [1.165, 1.54) is 4.90 Å². The lowest BCUT2D eigenvalue weighted by molar-refractivity contribution is -0.123. The van der Waals surface area contributed by atoms with Gasteiger partial charge in [-0.1, -0.05) is 29.3 Å². The lowest BCUT2D eigenvalue weighted by Gasteiger charge is -2.13. The minimum Gasteiger partial charge on any atom is -0.497 e. The average Bonchev–Trinajstić information content (AvgIpc) is 3.20. The Labute approximate surface area is 200 Å². The monoisotopic (exact) mass is 486 g/mol. The topological polar surface area (TPSA) is 51.5 Å². The van der Waals surface area contributed by atoms with Crippen molar-refractivity contribution in [2.45, 2.75) is 20.4 Å². The molecule has 4 rings (SSSR count). The van der Waals surface area contributed by atoms with Gasteiger partial charge in [0.05, 0.1) is 28.6 Å². The molecule has 3 aromatic rings. The maximum Gasteiger partial charge on any atom is 0.293 e. The van der Waals surface area contributed by atoms with Crippen LogP contribution in [0.1, 0.15) is 22.5 Å². The minimum absolute atomic E-state index is 0.143. The van der Waals surface area contributed by atoms with Crippen molar-refractivity contribution in [2.75, 3.05) is 7.11 Å². The van der Waals surface area contributed by atoms with Crippen LogP contribution < -0.4 is 4.74 Å². The highest BCUT2D eigenvalue weighted by Crippen LogP contribution is 2.35. The predicted octanol–water partition coefficient (Wildman–Crippen LogP) is 6.65. The van der Waals surface area contributed by atoms with E-state index >= 15 is 0 Å². The number of amides is 2. The third kappa shape index (κ3) is 4.31. The first-order valence-corrected chi connectivity index (χ1v) is 11.4. The molecule has 1 fully saturated rings. The van der Waals surface area contributed by atoms with Crippen molar-refractivity contribution in [1.29, 1.82) is 0 Å². The number of aromatic nitrogens is 1. The van der Waals surface area contributed by atoms with E-state index in [-0.39, 0.29) is 17.7 Å². The van der Waals surface area contributed by atoms with Gasteiger partial charge < -0.3 is 9.30 Å². The van der Waals surface area contributed by atoms with Gasteiger partial charge >= 0.3 is 0 Å². The number of hydrogen-bond acceptors (Lipinski definition) is 4. The number of hydrogen-bond donors (Lipinski definition) is 0. The lowest BCUT2D eigenvalue weighted by atomic mass is 10.2. The van der Waals surface area contributed by atoms with Crippen molar-refractivity contribution < 1.29 is 14.3 Å². The summed E-state index contributed by atoms with van der Waals surface area (Å²) in [4.78, 5) is 27.1. The number of carbonyl (C=O) groups excluding carboxylic acids is 2. The standard InChI is InChI=1S/C24H20Cl2N2O3S/c1-14-10-17(15(2)28(14)18-5-7-19(31-3)8-6-18)12-22-23(29)27(24(30)32-22)13-16-4-9-20(25)21(26)11-16/h4-12H,13H2,1-3H3/b22-12-. The van der Waals surface area contributed by atoms with Gasteiger partial charge in [0, 0.05) is 17.1 Å². The molecule has 1 aliphatic rings. The molecule has 1 saturated heterocycles. The SMILES string of the molecule is COc1ccc(-n2c(C)cc(/C=C3\SC(=O)N(Cc4ccc(Cl)c(Cl)c4)C3=O)c2C)cc1. The van der Waals surface area contributed by atoms with Crippen LogP contribution in [0.5, 0.6) is 5.75 Å². The highest BCUT2D eigenvalue weighted by Gasteiger charge is 2.35. The zero-order valence-electron chi connectivity index (χ0n) is 17.7. The van der Waals surface area contributed by atoms with Crippen molar-refractivity contribution in [2.24, 2.45) is 0 Å². The number of halogens is 2. The predicted molar refractivity (Wildman–Crippen MR) is 130 cm³/mol. The molecular formula is C24H20Cl2N2O3S. The third-order valence-corrected chi connectivity index (χ3v) is 6.93. The van der Waals surface area contributed by atoms with Crippen LogP contribution >= 0.6 is 35.0 Å². The van der Waals surface area contributed by atoms with Gasteiger partial charge in [0.15, 0.2) is 0 Å². The summed E-state index contributed by atoms with van der Waals surface area (Å²) in [6, 6.07) is 14.9. The molecule has 0 aliphatic carbocycles. The molecule has 1 aliphatic heterocycles. The first-order valence-electron chi connectivity index (χ1n) is 9.81. The summed E-state index contributed by atoms with van der Waals surface area (Å²) in [6.07, 6.45) is 1.78. The number of ether oxygens (including phenoxy) is 1. The summed E-state index contributed by atoms with van der Waals surface area (Å²) in [6.45, 7) is 4.14. The summed E-state index contributed by atoms with van der Waals surface area (Å²) in [5.41, 5.74) is 4.62. The van der Waals surface area contributed by atoms with Crippen molar-refractivity contribution in [3.8, 4) is 11.4 Å². The fourth-order valence-electron chi connectivity index (χ4n) is 3.66. The zero-order chi connectivity index (χ0) is 23.0. The molecule has 0 saturated carbocycles. The molecular weight excluding hydrogens is 467 g/mol. The Bertz CT molecular complexity index is 1250. The second-order valence-electron chi connectivity index (χ2n) is 7.38. The van der Waals surface area contributed by atoms with Crippen LogP contribution in [-0.4, -0.2) is 27.7 Å². The van der Waals surface area contributed by atoms with Crippen LogP contribution in [0.2, 0.25) is 10.0 Å². The Morgan fingerprint density at radius 2 is 1.72 bits per heavy atom. The smallest absolute Gasteiger partial charge is 0.293 e. The quantitative estimate of drug-likeness (QED) is 0.379. The van der Waals surface area contributed by atoms with Gasteiger partial charge in [0.25, 0.3) is 11.1 Å². The summed E-state index contributed by atoms with van der Waals surface area (Å²) in [5.74, 6) is 0.465. The molecule has 0 N–H and O–H groups in total. The molecule has 5 nitrogen and oxygen atoms in total. The van der Waals surface area contributed by atoms with Crippen LogP contribution in [0, 0.1) is 13.8 Å². The van der Waals surface area contributed by atoms with Gasteiger partial charge in [-0.25, -0.2) is 0 Å². The second kappa shape index (κ2) is 9.06. The van der Waals surface area contributed by atoms with Gasteiger partial charge in [-0.15, -0.1) is 0 Å². The summed E-state index contributed by atoms with van der Waals surface area (Å²) < 4.78 is 7.34. The summed E-state index contributed by atoms with van der Waals surface area (Å²) in [5, 5.41) is 0.505. The molecule has 0 radical (unpaired) electrons. The number of nitrogens with zero attached hydrogens (tertiary/aromatic N) is 2. The van der Waals surface area contributed by atoms with Gasteiger partial charge in [-0.3, -0.25) is 14.5 Å². The maximum atomic E-state index is 13.0. The molecule has 0 atom stereocenters. The van der Waals surface area contributed by atoms with Crippen LogP contribution in [0.25, 0.3) is 11.8 Å². The Morgan fingerprint density at radius 1 is 1.00 bits per heavy atom. The lowest BCUT2D eigenvalue weighted by Crippen LogP contribution is -2.27. The van der Waals surface area contributed by atoms with E-state index < -0.39 is 0 Å². The normalized spacial score (nSPS) is 15.2. The van der Waals surface area contributed by atoms with Crippen molar-refractivity contribution >= 4 is 52.2 Å². The summed E-state index contributed by atoms with van der Waals surface area (Å²) in [7, 11) is 1.63. The van der Waals surface area contributed by atoms with E-state index in [9.17, 15) is 9.59 Å². The molecule has 0 bridgehead atoms. The highest BCUT2D eigenvalue weighted by atomic mass is 35.5. The van der Waals surface area contributed by atoms with Gasteiger partial charge in [0.2, 0.25) is 0 Å². The molecule has 164 valence electrons. The summed E-state index contributed by atoms with van der Waals surface area (Å²) >= 11 is 13.0. The highest BCUT2D eigenvalue weighted by molar-refractivity contribution is 8.18. The first kappa shape index (κ1) is 22.5. The van der Waals surface area contributed by atoms with Crippen LogP contribution in [0.15, 0.2) is 53.4 Å². The van der Waals surface area contributed by atoms with Crippen molar-refractivity contribution in [1.82, 2.24) is 9.47 Å². The average molecular weight is 487 g/mol. The van der Waals surface area contributed by atoms with E-state index in [0.717, 1.165) is 45.7 Å². The number of methoxy groups -OCH3 is 1. The Kier molecular flexibility index (Phi) is 6.38. The fourth-order valence-corrected chi connectivity index (χ4v) is 4.81. The number of carbonyl (C=O) groups is 2. The number of aryl methyl sites for hydroxylation is 1. The number of imide groups is 1. The zero-order valence-corrected chi connectivity index (χ0v) is 20.0. The van der Waals surface area contributed by atoms with Crippen LogP contribution in [-0.2, 0) is 11.3 Å². The van der Waals surface area contributed by atoms with E-state index in [0.29, 0.717) is 15.0 Å². The molecule has 32 heavy (non-hydrogen) atoms. The van der Waals surface area contributed by atoms with E-state index in [1.807, 2.05) is 44.2 Å². The van der Waals surface area contributed by atoms with Crippen molar-refractivity contribution in [3.05, 3.63) is 86.0 Å². The number of thioether (sulfide) groups is 1. The van der Waals surface area contributed by atoms with E-state index in [2.05, 4.69) is 4.57 Å². The van der Waals surface area contributed by atoms with Crippen LogP contribution in [0.3, 0.4) is 0 Å². The van der Waals surface area contributed by atoms with Crippen molar-refractivity contribution in [3.63, 3.8) is 0 Å².